The average molecular weight is 1590 g/mol. The molecule has 0 radical (unpaired) electrons. The normalized spacial score (nSPS) is 12.8. The number of hydrogen-bond donors (Lipinski definition) is 3. The molecule has 0 fully saturated rings. The van der Waals surface area contributed by atoms with Crippen molar-refractivity contribution in [3.05, 3.63) is 190 Å². The van der Waals surface area contributed by atoms with Crippen molar-refractivity contribution >= 4 is 109 Å². The molecule has 0 unspecified atom stereocenters. The first kappa shape index (κ1) is 79.6. The van der Waals surface area contributed by atoms with Crippen molar-refractivity contribution in [2.45, 2.75) is 75.8 Å². The maximum Gasteiger partial charge on any atom is 1.00 e. The van der Waals surface area contributed by atoms with E-state index in [4.69, 9.17) is 39.3 Å². The molecule has 0 spiro atoms. The number of carbonyl (C=O) groups excluding carboxylic acids is 2. The number of benzene rings is 5. The topological polar surface area (TPSA) is 270 Å². The third-order valence-electron chi connectivity index (χ3n) is 14.2. The summed E-state index contributed by atoms with van der Waals surface area (Å²) < 4.78 is 41.2. The number of carbonyl (C=O) groups is 3. The summed E-state index contributed by atoms with van der Waals surface area (Å²) in [4.78, 5) is 62.1. The van der Waals surface area contributed by atoms with Gasteiger partial charge in [0.1, 0.15) is 0 Å². The van der Waals surface area contributed by atoms with Crippen LogP contribution in [0.5, 0.6) is 34.5 Å². The number of fused-ring (bicyclic) bond motifs is 6. The maximum atomic E-state index is 13.4. The smallest absolute Gasteiger partial charge is 0.870 e. The van der Waals surface area contributed by atoms with Crippen molar-refractivity contribution in [3.8, 4) is 56.8 Å². The van der Waals surface area contributed by atoms with E-state index in [0.717, 1.165) is 84.8 Å². The Kier molecular flexibility index (Phi) is 33.2. The molecule has 2 aliphatic carbocycles. The van der Waals surface area contributed by atoms with E-state index in [0.29, 0.717) is 73.8 Å². The third-order valence-corrected chi connectivity index (χ3v) is 20.1. The molecule has 2 atom stereocenters. The van der Waals surface area contributed by atoms with E-state index < -0.39 is 5.97 Å². The minimum Gasteiger partial charge on any atom is -0.870 e. The Hall–Kier alpha value is -5.54. The first-order chi connectivity index (χ1) is 40.7. The van der Waals surface area contributed by atoms with Crippen LogP contribution in [0, 0.1) is 31.5 Å². The Labute approximate surface area is 581 Å². The molecule has 0 heterocycles. The van der Waals surface area contributed by atoms with Crippen LogP contribution in [0.1, 0.15) is 102 Å². The zero-order valence-electron chi connectivity index (χ0n) is 51.1. The molecular weight excluding hydrogens is 1510 g/mol. The number of nitrogens with one attached hydrogen (secondary N) is 1. The van der Waals surface area contributed by atoms with Gasteiger partial charge in [0.15, 0.2) is 33.9 Å². The molecular formula is C66H74I3LiN2O15S2. The number of aryl methyl sites for hydroxylation is 5. The van der Waals surface area contributed by atoms with Gasteiger partial charge in [-0.25, -0.2) is 9.59 Å². The molecule has 1 amide bonds. The summed E-state index contributed by atoms with van der Waals surface area (Å²) >= 11 is 9.21. The fourth-order valence-electron chi connectivity index (χ4n) is 9.90. The molecule has 23 heteroatoms. The van der Waals surface area contributed by atoms with Gasteiger partial charge in [-0.1, -0.05) is 56.0 Å². The van der Waals surface area contributed by atoms with Crippen LogP contribution in [0.2, 0.25) is 0 Å². The van der Waals surface area contributed by atoms with Crippen LogP contribution in [0.4, 0.5) is 0 Å². The number of amides is 1. The number of carboxylic acids is 1. The zero-order valence-corrected chi connectivity index (χ0v) is 59.2. The Morgan fingerprint density at radius 2 is 0.955 bits per heavy atom. The van der Waals surface area contributed by atoms with Gasteiger partial charge in [0.05, 0.1) is 82.3 Å². The molecule has 0 aliphatic heterocycles. The van der Waals surface area contributed by atoms with Gasteiger partial charge in [-0.2, -0.15) is 0 Å². The van der Waals surface area contributed by atoms with Crippen LogP contribution in [0.3, 0.4) is 0 Å². The number of rotatable bonds is 12. The Morgan fingerprint density at radius 3 is 1.36 bits per heavy atom. The number of ether oxygens (including phenoxy) is 7. The number of methoxy groups -OCH3 is 7. The van der Waals surface area contributed by atoms with Gasteiger partial charge in [-0.3, -0.25) is 14.4 Å². The minimum absolute atomic E-state index is 0. The molecule has 2 aliphatic rings. The van der Waals surface area contributed by atoms with Crippen LogP contribution in [0.25, 0.3) is 22.3 Å². The number of esters is 1. The Bertz CT molecular complexity index is 3780. The summed E-state index contributed by atoms with van der Waals surface area (Å²) in [5, 5.41) is 11.9. The standard InChI is InChI=1S/C28H28INO5S.C20H23NO4S.C9H9IO2.C8H7IO2.CH4.Li.2H2O/c1-15-7-6-8-18(25(15)29)28(32)30-20-11-9-16-13-22(33-2)26(34-3)27(35-4)24(16)17-10-12-23(36-5)21(31)14-19(17)20;1-23-16-9-11-5-7-14(21)13-10-15(22)17(26-4)8-6-12(13)18(11)20(25-3)19(16)24-2;1-6-4-3-5-7(8(6)10)9(11)12-2;1-5-3-2-4-6(7(5)9)8(10)11;;;;/h6-8,10,12-14,20H,9,11H2,1-5H3,(H,30,32);6,8-10,14H,5,7,21H2,1-4H3;3-5H,1-2H3;2-4H,1H3,(H,10,11);1H4;;2*1H2/q;;;;;+1;;/p-1/t20-;14-;;;;;;/m00....../s1. The Balaban J connectivity index is 0.000000443. The van der Waals surface area contributed by atoms with E-state index >= 15 is 0 Å². The number of hydrogen-bond acceptors (Lipinski definition) is 16. The summed E-state index contributed by atoms with van der Waals surface area (Å²) in [6.45, 7) is 5.85. The minimum atomic E-state index is -0.863. The van der Waals surface area contributed by atoms with Crippen molar-refractivity contribution < 1.29 is 82.5 Å². The monoisotopic (exact) mass is 1590 g/mol. The van der Waals surface area contributed by atoms with Gasteiger partial charge in [0, 0.05) is 27.9 Å². The molecule has 9 rings (SSSR count). The first-order valence-corrected chi connectivity index (χ1v) is 32.1. The second kappa shape index (κ2) is 37.1. The van der Waals surface area contributed by atoms with E-state index in [1.54, 1.807) is 73.0 Å². The number of carboxylic acid groups (broad SMARTS) is 1. The van der Waals surface area contributed by atoms with Crippen molar-refractivity contribution in [1.29, 1.82) is 0 Å². The fraction of sp³-hybridized carbons (Fsp3) is 0.288. The average Bonchev–Trinajstić information content (AvgIpc) is 1.98. The van der Waals surface area contributed by atoms with Crippen LogP contribution in [-0.2, 0) is 17.6 Å². The Morgan fingerprint density at radius 1 is 0.562 bits per heavy atom. The van der Waals surface area contributed by atoms with Gasteiger partial charge in [0.2, 0.25) is 11.5 Å². The molecule has 89 heavy (non-hydrogen) atoms. The van der Waals surface area contributed by atoms with Gasteiger partial charge < -0.3 is 60.3 Å². The number of nitrogens with two attached hydrogens (primary N) is 1. The number of halogens is 3. The van der Waals surface area contributed by atoms with Gasteiger partial charge in [0.25, 0.3) is 5.91 Å². The third kappa shape index (κ3) is 18.4. The van der Waals surface area contributed by atoms with Crippen molar-refractivity contribution in [3.63, 3.8) is 0 Å². The SMILES string of the molecule is C.COC(=O)c1cccc(C)c1I.COc1cc2c(c(OC)c1OC)-c1ccc(SC)c(=O)cc1[C@@H](N)CC2.COc1cc2c(c(OC)c1OC)-c1ccc(SC)c(=O)cc1[C@@H](NC(=O)c1cccc(C)c1I)CC2.Cc1cccc(C(=O)O)c1I.O.[Li+].[OH-]. The summed E-state index contributed by atoms with van der Waals surface area (Å²) in [7, 11) is 10.9. The summed E-state index contributed by atoms with van der Waals surface area (Å²) in [5.74, 6) is 2.04. The van der Waals surface area contributed by atoms with Crippen molar-refractivity contribution in [2.75, 3.05) is 62.3 Å². The maximum absolute atomic E-state index is 13.4. The molecule has 0 bridgehead atoms. The molecule has 7 N–H and O–H groups in total. The number of aromatic carboxylic acids is 1. The van der Waals surface area contributed by atoms with Crippen molar-refractivity contribution in [1.82, 2.24) is 5.32 Å². The van der Waals surface area contributed by atoms with E-state index in [1.807, 2.05) is 129 Å². The van der Waals surface area contributed by atoms with Gasteiger partial charge in [-0.15, -0.1) is 23.5 Å². The fourth-order valence-corrected chi connectivity index (χ4v) is 12.6. The second-order valence-corrected chi connectivity index (χ2v) is 24.2. The molecule has 7 aromatic carbocycles. The van der Waals surface area contributed by atoms with Gasteiger partial charge in [-0.05, 0) is 231 Å². The van der Waals surface area contributed by atoms with Crippen LogP contribution in [-0.4, -0.2) is 96.2 Å². The quantitative estimate of drug-likeness (QED) is 0.0444. The second-order valence-electron chi connectivity index (χ2n) is 19.2. The van der Waals surface area contributed by atoms with E-state index in [1.165, 1.54) is 30.6 Å². The van der Waals surface area contributed by atoms with E-state index in [-0.39, 0.29) is 72.1 Å². The molecule has 472 valence electrons. The van der Waals surface area contributed by atoms with Crippen molar-refractivity contribution in [2.24, 2.45) is 5.73 Å². The zero-order chi connectivity index (χ0) is 62.4. The molecule has 7 aromatic rings. The van der Waals surface area contributed by atoms with Crippen LogP contribution in [0.15, 0.2) is 123 Å². The molecule has 0 aromatic heterocycles. The molecule has 0 saturated carbocycles. The summed E-state index contributed by atoms with van der Waals surface area (Å²) in [6.07, 6.45) is 6.51. The van der Waals surface area contributed by atoms with Crippen LogP contribution >= 0.6 is 91.3 Å². The molecule has 17 nitrogen and oxygen atoms in total. The van der Waals surface area contributed by atoms with E-state index in [9.17, 15) is 24.0 Å². The van der Waals surface area contributed by atoms with Crippen LogP contribution < -0.4 is 69.2 Å². The molecule has 0 saturated heterocycles. The predicted molar refractivity (Wildman–Crippen MR) is 375 cm³/mol. The largest absolute Gasteiger partial charge is 1.00 e. The number of thioether (sulfide) groups is 2. The summed E-state index contributed by atoms with van der Waals surface area (Å²) in [5.41, 5.74) is 18.2. The van der Waals surface area contributed by atoms with Gasteiger partial charge >= 0.3 is 30.8 Å². The van der Waals surface area contributed by atoms with E-state index in [2.05, 4.69) is 55.2 Å². The first-order valence-electron chi connectivity index (χ1n) is 26.4. The predicted octanol–water partition coefficient (Wildman–Crippen LogP) is 10.5. The summed E-state index contributed by atoms with van der Waals surface area (Å²) in [6, 6.07) is 30.7.